The van der Waals surface area contributed by atoms with Gasteiger partial charge in [0, 0.05) is 0 Å². The number of hydrogen-bond acceptors (Lipinski definition) is 6. The number of halogens is 2. The predicted molar refractivity (Wildman–Crippen MR) is 68.3 cm³/mol. The van der Waals surface area contributed by atoms with Crippen molar-refractivity contribution in [3.8, 4) is 0 Å². The SMILES string of the molecule is CC(CO)(CO)Nc1nc(NN)c(Cl)cc1Cl. The minimum atomic E-state index is -0.934. The monoisotopic (exact) mass is 280 g/mol. The normalized spacial score (nSPS) is 11.4. The third-order valence-electron chi connectivity index (χ3n) is 2.18. The lowest BCUT2D eigenvalue weighted by Gasteiger charge is -2.27. The number of aromatic nitrogens is 1. The summed E-state index contributed by atoms with van der Waals surface area (Å²) < 4.78 is 0. The van der Waals surface area contributed by atoms with E-state index in [1.165, 1.54) is 6.07 Å². The molecule has 0 radical (unpaired) electrons. The van der Waals surface area contributed by atoms with Crippen molar-refractivity contribution in [3.05, 3.63) is 16.1 Å². The van der Waals surface area contributed by atoms with Crippen LogP contribution in [0, 0.1) is 0 Å². The van der Waals surface area contributed by atoms with E-state index >= 15 is 0 Å². The molecule has 1 rings (SSSR count). The molecule has 96 valence electrons. The highest BCUT2D eigenvalue weighted by molar-refractivity contribution is 6.37. The standard InChI is InChI=1S/C9H14Cl2N4O2/c1-9(3-16,4-17)14-7-5(10)2-6(11)8(13-7)15-12/h2,16-17H,3-4,12H2,1H3,(H2,13,14,15). The summed E-state index contributed by atoms with van der Waals surface area (Å²) in [6.45, 7) is 1.06. The van der Waals surface area contributed by atoms with Gasteiger partial charge in [-0.25, -0.2) is 10.8 Å². The van der Waals surface area contributed by atoms with Crippen molar-refractivity contribution >= 4 is 34.8 Å². The molecule has 1 aromatic heterocycles. The second kappa shape index (κ2) is 5.70. The molecule has 1 heterocycles. The highest BCUT2D eigenvalue weighted by Crippen LogP contribution is 2.30. The number of pyridine rings is 1. The number of aliphatic hydroxyl groups is 2. The van der Waals surface area contributed by atoms with E-state index in [0.29, 0.717) is 0 Å². The van der Waals surface area contributed by atoms with E-state index in [1.54, 1.807) is 6.92 Å². The Bertz CT molecular complexity index is 399. The van der Waals surface area contributed by atoms with Crippen molar-refractivity contribution in [2.45, 2.75) is 12.5 Å². The summed E-state index contributed by atoms with van der Waals surface area (Å²) >= 11 is 11.8. The molecule has 0 saturated carbocycles. The van der Waals surface area contributed by atoms with Crippen LogP contribution in [-0.2, 0) is 0 Å². The molecule has 0 bridgehead atoms. The van der Waals surface area contributed by atoms with E-state index in [-0.39, 0.29) is 34.9 Å². The molecule has 0 amide bonds. The van der Waals surface area contributed by atoms with Crippen molar-refractivity contribution in [1.29, 1.82) is 0 Å². The lowest BCUT2D eigenvalue weighted by atomic mass is 10.1. The quantitative estimate of drug-likeness (QED) is 0.404. The Hall–Kier alpha value is -0.790. The number of rotatable bonds is 5. The molecule has 0 aliphatic heterocycles. The third-order valence-corrected chi connectivity index (χ3v) is 2.76. The number of hydrazine groups is 1. The van der Waals surface area contributed by atoms with Gasteiger partial charge in [0.25, 0.3) is 0 Å². The largest absolute Gasteiger partial charge is 0.394 e. The highest BCUT2D eigenvalue weighted by Gasteiger charge is 2.24. The first-order valence-corrected chi connectivity index (χ1v) is 5.54. The summed E-state index contributed by atoms with van der Waals surface area (Å²) in [5.74, 6) is 5.75. The smallest absolute Gasteiger partial charge is 0.161 e. The van der Waals surface area contributed by atoms with Gasteiger partial charge in [0.2, 0.25) is 0 Å². The van der Waals surface area contributed by atoms with Gasteiger partial charge in [0.05, 0.1) is 28.8 Å². The molecular formula is C9H14Cl2N4O2. The zero-order valence-corrected chi connectivity index (χ0v) is 10.7. The number of nitrogens with one attached hydrogen (secondary N) is 2. The fourth-order valence-electron chi connectivity index (χ4n) is 1.07. The lowest BCUT2D eigenvalue weighted by molar-refractivity contribution is 0.147. The van der Waals surface area contributed by atoms with E-state index in [1.807, 2.05) is 0 Å². The number of nitrogens with two attached hydrogens (primary N) is 1. The van der Waals surface area contributed by atoms with E-state index in [0.717, 1.165) is 0 Å². The number of nitrogens with zero attached hydrogens (tertiary/aromatic N) is 1. The van der Waals surface area contributed by atoms with Crippen LogP contribution in [0.5, 0.6) is 0 Å². The summed E-state index contributed by atoms with van der Waals surface area (Å²) in [6.07, 6.45) is 0. The fourth-order valence-corrected chi connectivity index (χ4v) is 1.53. The molecule has 0 saturated heterocycles. The van der Waals surface area contributed by atoms with Crippen LogP contribution in [0.15, 0.2) is 6.07 Å². The van der Waals surface area contributed by atoms with Crippen molar-refractivity contribution in [1.82, 2.24) is 4.98 Å². The van der Waals surface area contributed by atoms with Gasteiger partial charge in [-0.1, -0.05) is 23.2 Å². The topological polar surface area (TPSA) is 103 Å². The van der Waals surface area contributed by atoms with Crippen LogP contribution in [0.1, 0.15) is 6.92 Å². The van der Waals surface area contributed by atoms with Crippen molar-refractivity contribution < 1.29 is 10.2 Å². The molecule has 0 aliphatic rings. The van der Waals surface area contributed by atoms with Crippen molar-refractivity contribution in [3.63, 3.8) is 0 Å². The number of nitrogen functional groups attached to an aromatic ring is 1. The minimum absolute atomic E-state index is 0.247. The second-order valence-corrected chi connectivity index (χ2v) is 4.61. The zero-order valence-electron chi connectivity index (χ0n) is 9.17. The molecular weight excluding hydrogens is 267 g/mol. The van der Waals surface area contributed by atoms with Gasteiger partial charge in [-0.2, -0.15) is 0 Å². The van der Waals surface area contributed by atoms with Crippen LogP contribution in [0.25, 0.3) is 0 Å². The molecule has 0 spiro atoms. The molecule has 17 heavy (non-hydrogen) atoms. The maximum Gasteiger partial charge on any atom is 0.161 e. The molecule has 0 aromatic carbocycles. The van der Waals surface area contributed by atoms with E-state index in [2.05, 4.69) is 15.7 Å². The Balaban J connectivity index is 3.06. The lowest BCUT2D eigenvalue weighted by Crippen LogP contribution is -2.42. The first-order chi connectivity index (χ1) is 7.95. The first kappa shape index (κ1) is 14.3. The first-order valence-electron chi connectivity index (χ1n) is 4.78. The van der Waals surface area contributed by atoms with Crippen LogP contribution in [0.2, 0.25) is 10.0 Å². The van der Waals surface area contributed by atoms with Crippen LogP contribution in [-0.4, -0.2) is 33.9 Å². The zero-order chi connectivity index (χ0) is 13.1. The number of aliphatic hydroxyl groups excluding tert-OH is 2. The summed E-state index contributed by atoms with van der Waals surface area (Å²) in [5, 5.41) is 21.7. The molecule has 0 aliphatic carbocycles. The van der Waals surface area contributed by atoms with Gasteiger partial charge in [-0.15, -0.1) is 0 Å². The van der Waals surface area contributed by atoms with Gasteiger partial charge in [-0.05, 0) is 13.0 Å². The van der Waals surface area contributed by atoms with Gasteiger partial charge in [0.15, 0.2) is 5.82 Å². The van der Waals surface area contributed by atoms with Gasteiger partial charge in [0.1, 0.15) is 5.82 Å². The number of hydrogen-bond donors (Lipinski definition) is 5. The van der Waals surface area contributed by atoms with Crippen molar-refractivity contribution in [2.24, 2.45) is 5.84 Å². The molecule has 0 atom stereocenters. The van der Waals surface area contributed by atoms with E-state index in [4.69, 9.17) is 39.3 Å². The molecule has 8 heteroatoms. The summed E-state index contributed by atoms with van der Waals surface area (Å²) in [4.78, 5) is 4.04. The molecule has 0 fully saturated rings. The van der Waals surface area contributed by atoms with Crippen LogP contribution >= 0.6 is 23.2 Å². The average Bonchev–Trinajstić information content (AvgIpc) is 2.32. The maximum atomic E-state index is 9.16. The summed E-state index contributed by atoms with van der Waals surface area (Å²) in [7, 11) is 0. The average molecular weight is 281 g/mol. The summed E-state index contributed by atoms with van der Waals surface area (Å²) in [6, 6.07) is 1.46. The minimum Gasteiger partial charge on any atom is -0.394 e. The van der Waals surface area contributed by atoms with Crippen LogP contribution in [0.3, 0.4) is 0 Å². The Morgan fingerprint density at radius 3 is 2.29 bits per heavy atom. The Morgan fingerprint density at radius 1 is 1.29 bits per heavy atom. The van der Waals surface area contributed by atoms with Crippen LogP contribution in [0.4, 0.5) is 11.6 Å². The van der Waals surface area contributed by atoms with E-state index < -0.39 is 5.54 Å². The van der Waals surface area contributed by atoms with Gasteiger partial charge in [-0.3, -0.25) is 0 Å². The molecule has 6 nitrogen and oxygen atoms in total. The van der Waals surface area contributed by atoms with E-state index in [9.17, 15) is 0 Å². The summed E-state index contributed by atoms with van der Waals surface area (Å²) in [5.41, 5.74) is 1.38. The molecule has 1 aromatic rings. The highest BCUT2D eigenvalue weighted by atomic mass is 35.5. The Kier molecular flexibility index (Phi) is 4.79. The Morgan fingerprint density at radius 2 is 1.82 bits per heavy atom. The van der Waals surface area contributed by atoms with Gasteiger partial charge >= 0.3 is 0 Å². The molecule has 0 unspecified atom stereocenters. The fraction of sp³-hybridized carbons (Fsp3) is 0.444. The Labute approximate surface area is 109 Å². The number of anilines is 2. The second-order valence-electron chi connectivity index (χ2n) is 3.80. The molecule has 6 N–H and O–H groups in total. The predicted octanol–water partition coefficient (Wildman–Crippen LogP) is 0.829. The van der Waals surface area contributed by atoms with Gasteiger partial charge < -0.3 is 21.0 Å². The maximum absolute atomic E-state index is 9.16. The third kappa shape index (κ3) is 3.34. The van der Waals surface area contributed by atoms with Crippen LogP contribution < -0.4 is 16.6 Å². The van der Waals surface area contributed by atoms with Crippen molar-refractivity contribution in [2.75, 3.05) is 24.0 Å².